The average Bonchev–Trinajstić information content (AvgIpc) is 2.96. The molecular formula is C20H18N4O. The fourth-order valence-electron chi connectivity index (χ4n) is 3.14. The fourth-order valence-corrected chi connectivity index (χ4v) is 3.14. The normalized spacial score (nSPS) is 11.1. The number of aryl methyl sites for hydroxylation is 1. The topological polar surface area (TPSA) is 59.8 Å². The van der Waals surface area contributed by atoms with Crippen molar-refractivity contribution in [3.05, 3.63) is 72.2 Å². The molecule has 0 atom stereocenters. The zero-order chi connectivity index (χ0) is 17.2. The monoisotopic (exact) mass is 330 g/mol. The highest BCUT2D eigenvalue weighted by Gasteiger charge is 2.11. The molecule has 0 bridgehead atoms. The Balaban J connectivity index is 1.51. The van der Waals surface area contributed by atoms with Crippen LogP contribution in [-0.2, 0) is 6.54 Å². The Labute approximate surface area is 145 Å². The summed E-state index contributed by atoms with van der Waals surface area (Å²) in [7, 11) is 0. The number of imidazole rings is 1. The van der Waals surface area contributed by atoms with Crippen LogP contribution in [0, 0.1) is 6.92 Å². The van der Waals surface area contributed by atoms with Crippen molar-refractivity contribution in [2.45, 2.75) is 13.5 Å². The molecule has 0 aliphatic heterocycles. The summed E-state index contributed by atoms with van der Waals surface area (Å²) in [4.78, 5) is 21.4. The number of nitrogens with zero attached hydrogens (tertiary/aromatic N) is 3. The van der Waals surface area contributed by atoms with E-state index in [1.54, 1.807) is 6.20 Å². The second-order valence-corrected chi connectivity index (χ2v) is 5.94. The number of aromatic nitrogens is 3. The Morgan fingerprint density at radius 1 is 1.08 bits per heavy atom. The minimum atomic E-state index is -0.105. The minimum Gasteiger partial charge on any atom is -0.350 e. The molecule has 5 heteroatoms. The van der Waals surface area contributed by atoms with E-state index in [9.17, 15) is 4.79 Å². The molecule has 4 aromatic rings. The SMILES string of the molecule is Cc1nc2ccccc2n1CCNC(=O)c1cccc2cccnc12. The predicted molar refractivity (Wildman–Crippen MR) is 98.5 cm³/mol. The molecule has 0 radical (unpaired) electrons. The van der Waals surface area contributed by atoms with Crippen LogP contribution in [0.4, 0.5) is 0 Å². The van der Waals surface area contributed by atoms with Crippen molar-refractivity contribution in [2.75, 3.05) is 6.54 Å². The van der Waals surface area contributed by atoms with Gasteiger partial charge in [-0.1, -0.05) is 30.3 Å². The first-order valence-electron chi connectivity index (χ1n) is 8.28. The molecule has 0 spiro atoms. The van der Waals surface area contributed by atoms with Crippen LogP contribution in [0.2, 0.25) is 0 Å². The number of rotatable bonds is 4. The Kier molecular flexibility index (Phi) is 3.90. The van der Waals surface area contributed by atoms with Crippen LogP contribution in [0.3, 0.4) is 0 Å². The van der Waals surface area contributed by atoms with Gasteiger partial charge in [0.1, 0.15) is 5.82 Å². The molecule has 5 nitrogen and oxygen atoms in total. The van der Waals surface area contributed by atoms with Crippen LogP contribution in [0.5, 0.6) is 0 Å². The summed E-state index contributed by atoms with van der Waals surface area (Å²) in [5, 5.41) is 3.96. The van der Waals surface area contributed by atoms with E-state index in [1.165, 1.54) is 0 Å². The van der Waals surface area contributed by atoms with Gasteiger partial charge in [0.05, 0.1) is 22.1 Å². The molecule has 124 valence electrons. The first-order chi connectivity index (χ1) is 12.2. The zero-order valence-corrected chi connectivity index (χ0v) is 13.9. The standard InChI is InChI=1S/C20H18N4O/c1-14-23-17-9-2-3-10-18(17)24(14)13-12-22-20(25)16-8-4-6-15-7-5-11-21-19(15)16/h2-11H,12-13H2,1H3,(H,22,25). The van der Waals surface area contributed by atoms with Crippen LogP contribution in [0.25, 0.3) is 21.9 Å². The molecule has 0 unspecified atom stereocenters. The Bertz CT molecular complexity index is 1060. The number of hydrogen-bond donors (Lipinski definition) is 1. The van der Waals surface area contributed by atoms with Gasteiger partial charge < -0.3 is 9.88 Å². The van der Waals surface area contributed by atoms with Crippen molar-refractivity contribution < 1.29 is 4.79 Å². The largest absolute Gasteiger partial charge is 0.350 e. The van der Waals surface area contributed by atoms with Crippen molar-refractivity contribution in [1.29, 1.82) is 0 Å². The molecule has 4 rings (SSSR count). The van der Waals surface area contributed by atoms with Crippen LogP contribution in [0.1, 0.15) is 16.2 Å². The van der Waals surface area contributed by atoms with Crippen molar-refractivity contribution in [2.24, 2.45) is 0 Å². The molecule has 0 aliphatic carbocycles. The third-order valence-corrected chi connectivity index (χ3v) is 4.34. The number of carbonyl (C=O) groups is 1. The van der Waals surface area contributed by atoms with Crippen LogP contribution in [0.15, 0.2) is 60.8 Å². The number of carbonyl (C=O) groups excluding carboxylic acids is 1. The molecule has 2 aromatic heterocycles. The van der Waals surface area contributed by atoms with E-state index < -0.39 is 0 Å². The second kappa shape index (κ2) is 6.36. The van der Waals surface area contributed by atoms with Gasteiger partial charge in [0, 0.05) is 24.7 Å². The van der Waals surface area contributed by atoms with Crippen molar-refractivity contribution in [3.63, 3.8) is 0 Å². The first-order valence-corrected chi connectivity index (χ1v) is 8.28. The summed E-state index contributed by atoms with van der Waals surface area (Å²) in [6, 6.07) is 17.5. The number of benzene rings is 2. The number of amides is 1. The number of hydrogen-bond acceptors (Lipinski definition) is 3. The van der Waals surface area contributed by atoms with Gasteiger partial charge in [0.15, 0.2) is 0 Å². The molecule has 1 N–H and O–H groups in total. The highest BCUT2D eigenvalue weighted by atomic mass is 16.1. The zero-order valence-electron chi connectivity index (χ0n) is 13.9. The van der Waals surface area contributed by atoms with E-state index in [2.05, 4.69) is 19.9 Å². The van der Waals surface area contributed by atoms with E-state index >= 15 is 0 Å². The average molecular weight is 330 g/mol. The second-order valence-electron chi connectivity index (χ2n) is 5.94. The van der Waals surface area contributed by atoms with Crippen LogP contribution >= 0.6 is 0 Å². The lowest BCUT2D eigenvalue weighted by atomic mass is 10.1. The molecule has 1 amide bonds. The summed E-state index contributed by atoms with van der Waals surface area (Å²) in [6.07, 6.45) is 1.71. The number of pyridine rings is 1. The smallest absolute Gasteiger partial charge is 0.253 e. The lowest BCUT2D eigenvalue weighted by molar-refractivity contribution is 0.0954. The summed E-state index contributed by atoms with van der Waals surface area (Å²) < 4.78 is 2.12. The maximum absolute atomic E-state index is 12.6. The first kappa shape index (κ1) is 15.3. The quantitative estimate of drug-likeness (QED) is 0.624. The molecular weight excluding hydrogens is 312 g/mol. The van der Waals surface area contributed by atoms with E-state index in [1.807, 2.05) is 61.5 Å². The number of fused-ring (bicyclic) bond motifs is 2. The van der Waals surface area contributed by atoms with Crippen LogP contribution < -0.4 is 5.32 Å². The molecule has 0 aliphatic rings. The molecule has 25 heavy (non-hydrogen) atoms. The van der Waals surface area contributed by atoms with E-state index in [0.29, 0.717) is 18.7 Å². The molecule has 2 aromatic carbocycles. The minimum absolute atomic E-state index is 0.105. The van der Waals surface area contributed by atoms with Gasteiger partial charge in [-0.25, -0.2) is 4.98 Å². The van der Waals surface area contributed by atoms with Gasteiger partial charge in [0.25, 0.3) is 5.91 Å². The highest BCUT2D eigenvalue weighted by molar-refractivity contribution is 6.05. The highest BCUT2D eigenvalue weighted by Crippen LogP contribution is 2.16. The fraction of sp³-hybridized carbons (Fsp3) is 0.150. The Morgan fingerprint density at radius 3 is 2.84 bits per heavy atom. The lowest BCUT2D eigenvalue weighted by Crippen LogP contribution is -2.27. The van der Waals surface area contributed by atoms with Crippen molar-refractivity contribution >= 4 is 27.8 Å². The maximum Gasteiger partial charge on any atom is 0.253 e. The Morgan fingerprint density at radius 2 is 1.92 bits per heavy atom. The Hall–Kier alpha value is -3.21. The van der Waals surface area contributed by atoms with Crippen molar-refractivity contribution in [3.8, 4) is 0 Å². The van der Waals surface area contributed by atoms with E-state index in [0.717, 1.165) is 27.8 Å². The summed E-state index contributed by atoms with van der Waals surface area (Å²) in [5.74, 6) is 0.841. The van der Waals surface area contributed by atoms with Gasteiger partial charge >= 0.3 is 0 Å². The molecule has 2 heterocycles. The van der Waals surface area contributed by atoms with Gasteiger partial charge in [-0.3, -0.25) is 9.78 Å². The maximum atomic E-state index is 12.6. The third-order valence-electron chi connectivity index (χ3n) is 4.34. The lowest BCUT2D eigenvalue weighted by Gasteiger charge is -2.10. The summed E-state index contributed by atoms with van der Waals surface area (Å²) in [5.41, 5.74) is 3.39. The molecule has 0 saturated carbocycles. The molecule has 0 fully saturated rings. The summed E-state index contributed by atoms with van der Waals surface area (Å²) in [6.45, 7) is 3.19. The van der Waals surface area contributed by atoms with Gasteiger partial charge in [-0.05, 0) is 31.2 Å². The number of nitrogens with one attached hydrogen (secondary N) is 1. The van der Waals surface area contributed by atoms with E-state index in [4.69, 9.17) is 0 Å². The molecule has 0 saturated heterocycles. The number of para-hydroxylation sites is 3. The summed E-state index contributed by atoms with van der Waals surface area (Å²) >= 11 is 0. The third kappa shape index (κ3) is 2.85. The van der Waals surface area contributed by atoms with E-state index in [-0.39, 0.29) is 5.91 Å². The predicted octanol–water partition coefficient (Wildman–Crippen LogP) is 3.32. The van der Waals surface area contributed by atoms with Crippen molar-refractivity contribution in [1.82, 2.24) is 19.9 Å². The van der Waals surface area contributed by atoms with Gasteiger partial charge in [-0.15, -0.1) is 0 Å². The van der Waals surface area contributed by atoms with Gasteiger partial charge in [0.2, 0.25) is 0 Å². The van der Waals surface area contributed by atoms with Crippen LogP contribution in [-0.4, -0.2) is 27.0 Å². The van der Waals surface area contributed by atoms with Gasteiger partial charge in [-0.2, -0.15) is 0 Å².